The summed E-state index contributed by atoms with van der Waals surface area (Å²) < 4.78 is 5.18. The van der Waals surface area contributed by atoms with Gasteiger partial charge in [0.05, 0.1) is 6.20 Å². The van der Waals surface area contributed by atoms with Gasteiger partial charge in [-0.15, -0.1) is 0 Å². The molecule has 16 heavy (non-hydrogen) atoms. The fraction of sp³-hybridized carbons (Fsp3) is 0.385. The second kappa shape index (κ2) is 5.45. The van der Waals surface area contributed by atoms with E-state index in [1.807, 2.05) is 12.3 Å². The van der Waals surface area contributed by atoms with Crippen molar-refractivity contribution in [3.8, 4) is 11.6 Å². The molecule has 0 aliphatic heterocycles. The van der Waals surface area contributed by atoms with Crippen molar-refractivity contribution >= 4 is 0 Å². The number of nitrogens with zero attached hydrogens (tertiary/aromatic N) is 2. The largest absolute Gasteiger partial charge is 0.443 e. The number of unbranched alkanes of at least 4 members (excludes halogenated alkanes) is 2. The van der Waals surface area contributed by atoms with Gasteiger partial charge in [0.2, 0.25) is 5.89 Å². The second-order valence-corrected chi connectivity index (χ2v) is 3.85. The lowest BCUT2D eigenvalue weighted by molar-refractivity contribution is 0.572. The van der Waals surface area contributed by atoms with Crippen LogP contribution in [0.3, 0.4) is 0 Å². The predicted molar refractivity (Wildman–Crippen MR) is 63.0 cm³/mol. The molecule has 0 amide bonds. The van der Waals surface area contributed by atoms with Crippen LogP contribution < -0.4 is 0 Å². The first-order chi connectivity index (χ1) is 7.90. The molecule has 0 radical (unpaired) electrons. The van der Waals surface area contributed by atoms with Gasteiger partial charge in [-0.3, -0.25) is 4.98 Å². The Balaban J connectivity index is 2.00. The Labute approximate surface area is 95.5 Å². The van der Waals surface area contributed by atoms with Crippen molar-refractivity contribution in [3.05, 3.63) is 36.4 Å². The molecule has 2 aromatic rings. The van der Waals surface area contributed by atoms with Gasteiger partial charge in [-0.1, -0.05) is 25.8 Å². The predicted octanol–water partition coefficient (Wildman–Crippen LogP) is 3.47. The van der Waals surface area contributed by atoms with E-state index in [1.54, 1.807) is 12.5 Å². The minimum Gasteiger partial charge on any atom is -0.443 e. The minimum absolute atomic E-state index is 0.583. The number of aryl methyl sites for hydroxylation is 1. The van der Waals surface area contributed by atoms with Crippen LogP contribution in [-0.4, -0.2) is 9.97 Å². The van der Waals surface area contributed by atoms with E-state index in [2.05, 4.69) is 23.0 Å². The third-order valence-electron chi connectivity index (χ3n) is 2.55. The van der Waals surface area contributed by atoms with E-state index >= 15 is 0 Å². The summed E-state index contributed by atoms with van der Waals surface area (Å²) in [7, 11) is 0. The zero-order chi connectivity index (χ0) is 11.2. The summed E-state index contributed by atoms with van der Waals surface area (Å²) in [6, 6.07) is 4.06. The molecule has 0 bridgehead atoms. The molecule has 0 spiro atoms. The zero-order valence-corrected chi connectivity index (χ0v) is 9.52. The quantitative estimate of drug-likeness (QED) is 0.718. The molecule has 2 rings (SSSR count). The Morgan fingerprint density at radius 3 is 2.75 bits per heavy atom. The Morgan fingerprint density at radius 2 is 2.12 bits per heavy atom. The van der Waals surface area contributed by atoms with E-state index in [4.69, 9.17) is 4.42 Å². The van der Waals surface area contributed by atoms with Crippen LogP contribution in [0.1, 0.15) is 31.7 Å². The van der Waals surface area contributed by atoms with Crippen LogP contribution in [0, 0.1) is 0 Å². The highest BCUT2D eigenvalue weighted by Crippen LogP contribution is 2.15. The Kier molecular flexibility index (Phi) is 3.70. The van der Waals surface area contributed by atoms with Crippen molar-refractivity contribution < 1.29 is 4.42 Å². The van der Waals surface area contributed by atoms with Gasteiger partial charge in [-0.25, -0.2) is 4.98 Å². The lowest BCUT2D eigenvalue weighted by Gasteiger charge is -2.00. The summed E-state index contributed by atoms with van der Waals surface area (Å²) in [6.45, 7) is 2.21. The van der Waals surface area contributed by atoms with Gasteiger partial charge in [-0.05, 0) is 24.5 Å². The topological polar surface area (TPSA) is 38.9 Å². The number of aromatic nitrogens is 2. The fourth-order valence-corrected chi connectivity index (χ4v) is 1.63. The highest BCUT2D eigenvalue weighted by molar-refractivity contribution is 5.46. The van der Waals surface area contributed by atoms with Gasteiger partial charge >= 0.3 is 0 Å². The van der Waals surface area contributed by atoms with Crippen molar-refractivity contribution in [2.24, 2.45) is 0 Å². The maximum atomic E-state index is 5.18. The Bertz CT molecular complexity index is 406. The van der Waals surface area contributed by atoms with Gasteiger partial charge < -0.3 is 4.42 Å². The van der Waals surface area contributed by atoms with Crippen LogP contribution in [-0.2, 0) is 6.42 Å². The molecular formula is C13H16N2O. The number of hydrogen-bond donors (Lipinski definition) is 0. The maximum absolute atomic E-state index is 5.18. The number of oxazole rings is 1. The highest BCUT2D eigenvalue weighted by Gasteiger charge is 2.03. The van der Waals surface area contributed by atoms with Crippen LogP contribution in [0.15, 0.2) is 35.2 Å². The van der Waals surface area contributed by atoms with E-state index in [0.717, 1.165) is 12.1 Å². The number of hydrogen-bond acceptors (Lipinski definition) is 3. The molecule has 3 heteroatoms. The molecule has 84 valence electrons. The first-order valence-electron chi connectivity index (χ1n) is 5.75. The lowest BCUT2D eigenvalue weighted by Crippen LogP contribution is -1.89. The molecule has 0 N–H and O–H groups in total. The van der Waals surface area contributed by atoms with Crippen molar-refractivity contribution in [1.82, 2.24) is 9.97 Å². The fourth-order valence-electron chi connectivity index (χ4n) is 1.63. The van der Waals surface area contributed by atoms with Gasteiger partial charge in [0.25, 0.3) is 0 Å². The Hall–Kier alpha value is -1.64. The molecule has 0 unspecified atom stereocenters. The van der Waals surface area contributed by atoms with E-state index in [9.17, 15) is 0 Å². The van der Waals surface area contributed by atoms with E-state index in [1.165, 1.54) is 24.8 Å². The van der Waals surface area contributed by atoms with Gasteiger partial charge in [0, 0.05) is 6.20 Å². The van der Waals surface area contributed by atoms with Crippen LogP contribution in [0.25, 0.3) is 11.6 Å². The Morgan fingerprint density at radius 1 is 1.19 bits per heavy atom. The van der Waals surface area contributed by atoms with Crippen molar-refractivity contribution in [3.63, 3.8) is 0 Å². The molecule has 0 atom stereocenters. The van der Waals surface area contributed by atoms with Gasteiger partial charge in [0.15, 0.2) is 0 Å². The molecule has 0 aliphatic rings. The summed E-state index contributed by atoms with van der Waals surface area (Å²) in [6.07, 6.45) is 9.97. The lowest BCUT2D eigenvalue weighted by atomic mass is 10.1. The first kappa shape index (κ1) is 10.9. The zero-order valence-electron chi connectivity index (χ0n) is 9.52. The molecule has 0 saturated carbocycles. The van der Waals surface area contributed by atoms with E-state index in [0.29, 0.717) is 5.89 Å². The third-order valence-corrected chi connectivity index (χ3v) is 2.55. The molecule has 0 aromatic carbocycles. The summed E-state index contributed by atoms with van der Waals surface area (Å²) in [5, 5.41) is 0. The van der Waals surface area contributed by atoms with E-state index in [-0.39, 0.29) is 0 Å². The highest BCUT2D eigenvalue weighted by atomic mass is 16.3. The van der Waals surface area contributed by atoms with Gasteiger partial charge in [0.1, 0.15) is 12.0 Å². The van der Waals surface area contributed by atoms with E-state index < -0.39 is 0 Å². The van der Waals surface area contributed by atoms with Crippen molar-refractivity contribution in [2.45, 2.75) is 32.6 Å². The standard InChI is InChI=1S/C13H16N2O/c1-2-3-4-5-11-6-7-12(15-10-11)13-14-8-9-16-13/h6-10H,2-5H2,1H3. The molecule has 0 saturated heterocycles. The molecular weight excluding hydrogens is 200 g/mol. The SMILES string of the molecule is CCCCCc1ccc(-c2ncco2)nc1. The average Bonchev–Trinajstić information content (AvgIpc) is 2.84. The molecule has 2 aromatic heterocycles. The van der Waals surface area contributed by atoms with Gasteiger partial charge in [-0.2, -0.15) is 0 Å². The molecule has 3 nitrogen and oxygen atoms in total. The number of rotatable bonds is 5. The minimum atomic E-state index is 0.583. The van der Waals surface area contributed by atoms with Crippen molar-refractivity contribution in [1.29, 1.82) is 0 Å². The van der Waals surface area contributed by atoms with Crippen LogP contribution in [0.4, 0.5) is 0 Å². The third kappa shape index (κ3) is 2.69. The normalized spacial score (nSPS) is 10.6. The smallest absolute Gasteiger partial charge is 0.244 e. The van der Waals surface area contributed by atoms with Crippen LogP contribution >= 0.6 is 0 Å². The first-order valence-corrected chi connectivity index (χ1v) is 5.75. The molecule has 0 fully saturated rings. The molecule has 2 heterocycles. The molecule has 0 aliphatic carbocycles. The monoisotopic (exact) mass is 216 g/mol. The summed E-state index contributed by atoms with van der Waals surface area (Å²) in [4.78, 5) is 8.41. The second-order valence-electron chi connectivity index (χ2n) is 3.85. The van der Waals surface area contributed by atoms with Crippen LogP contribution in [0.5, 0.6) is 0 Å². The average molecular weight is 216 g/mol. The summed E-state index contributed by atoms with van der Waals surface area (Å²) in [5.74, 6) is 0.583. The van der Waals surface area contributed by atoms with Crippen LogP contribution in [0.2, 0.25) is 0 Å². The maximum Gasteiger partial charge on any atom is 0.244 e. The van der Waals surface area contributed by atoms with Crippen molar-refractivity contribution in [2.75, 3.05) is 0 Å². The number of pyridine rings is 1. The summed E-state index contributed by atoms with van der Waals surface area (Å²) in [5.41, 5.74) is 2.08. The summed E-state index contributed by atoms with van der Waals surface area (Å²) >= 11 is 0.